The van der Waals surface area contributed by atoms with E-state index in [0.717, 1.165) is 16.1 Å². The zero-order valence-electron chi connectivity index (χ0n) is 13.0. The second kappa shape index (κ2) is 8.60. The molecule has 0 aliphatic carbocycles. The SMILES string of the molecule is CSc1ccccc1NC(=O)C[NH2+][C@@H](C)c1ccc(Cl)cc1Cl. The zero-order valence-corrected chi connectivity index (χ0v) is 15.3. The average Bonchev–Trinajstić information content (AvgIpc) is 2.53. The molecule has 0 radical (unpaired) electrons. The summed E-state index contributed by atoms with van der Waals surface area (Å²) in [5.74, 6) is -0.0385. The number of thioether (sulfide) groups is 1. The summed E-state index contributed by atoms with van der Waals surface area (Å²) in [5, 5.41) is 6.13. The Balaban J connectivity index is 1.93. The van der Waals surface area contributed by atoms with Gasteiger partial charge in [0.15, 0.2) is 6.54 Å². The number of hydrogen-bond acceptors (Lipinski definition) is 2. The smallest absolute Gasteiger partial charge is 0.279 e. The van der Waals surface area contributed by atoms with E-state index >= 15 is 0 Å². The number of nitrogens with two attached hydrogens (primary N) is 1. The van der Waals surface area contributed by atoms with Crippen molar-refractivity contribution in [2.24, 2.45) is 0 Å². The van der Waals surface area contributed by atoms with Gasteiger partial charge in [-0.1, -0.05) is 41.4 Å². The lowest BCUT2D eigenvalue weighted by atomic mass is 10.1. The summed E-state index contributed by atoms with van der Waals surface area (Å²) >= 11 is 13.7. The molecule has 3 nitrogen and oxygen atoms in total. The normalized spacial score (nSPS) is 12.0. The minimum absolute atomic E-state index is 0.0385. The van der Waals surface area contributed by atoms with Crippen LogP contribution in [0.5, 0.6) is 0 Å². The monoisotopic (exact) mass is 369 g/mol. The third-order valence-corrected chi connectivity index (χ3v) is 4.85. The Morgan fingerprint density at radius 2 is 2.00 bits per heavy atom. The molecule has 3 N–H and O–H groups in total. The van der Waals surface area contributed by atoms with Crippen molar-refractivity contribution >= 4 is 46.6 Å². The molecule has 0 aliphatic heterocycles. The van der Waals surface area contributed by atoms with E-state index in [0.29, 0.717) is 16.6 Å². The highest BCUT2D eigenvalue weighted by molar-refractivity contribution is 7.98. The highest BCUT2D eigenvalue weighted by atomic mass is 35.5. The predicted octanol–water partition coefficient (Wildman–Crippen LogP) is 3.98. The first-order chi connectivity index (χ1) is 11.0. The van der Waals surface area contributed by atoms with Gasteiger partial charge in [-0.05, 0) is 37.4 Å². The van der Waals surface area contributed by atoms with E-state index in [1.54, 1.807) is 17.8 Å². The quantitative estimate of drug-likeness (QED) is 0.756. The van der Waals surface area contributed by atoms with Gasteiger partial charge >= 0.3 is 0 Å². The summed E-state index contributed by atoms with van der Waals surface area (Å²) in [6, 6.07) is 13.3. The predicted molar refractivity (Wildman–Crippen MR) is 98.5 cm³/mol. The van der Waals surface area contributed by atoms with E-state index in [2.05, 4.69) is 5.32 Å². The standard InChI is InChI=1S/C17H18Cl2N2OS/c1-11(13-8-7-12(18)9-14(13)19)20-10-17(22)21-15-5-3-4-6-16(15)23-2/h3-9,11,20H,10H2,1-2H3,(H,21,22)/p+1/t11-/m0/s1. The van der Waals surface area contributed by atoms with E-state index < -0.39 is 0 Å². The molecule has 2 aromatic rings. The van der Waals surface area contributed by atoms with Gasteiger partial charge < -0.3 is 10.6 Å². The lowest BCUT2D eigenvalue weighted by molar-refractivity contribution is -0.682. The maximum absolute atomic E-state index is 12.1. The summed E-state index contributed by atoms with van der Waals surface area (Å²) in [5.41, 5.74) is 1.81. The highest BCUT2D eigenvalue weighted by Crippen LogP contribution is 2.25. The van der Waals surface area contributed by atoms with Gasteiger partial charge in [0.1, 0.15) is 6.04 Å². The minimum atomic E-state index is -0.0385. The molecule has 122 valence electrons. The number of para-hydroxylation sites is 1. The second-order valence-corrected chi connectivity index (χ2v) is 6.83. The first-order valence-corrected chi connectivity index (χ1v) is 9.20. The molecule has 6 heteroatoms. The van der Waals surface area contributed by atoms with Crippen LogP contribution in [0.25, 0.3) is 0 Å². The van der Waals surface area contributed by atoms with Crippen molar-refractivity contribution in [1.29, 1.82) is 0 Å². The molecule has 0 heterocycles. The van der Waals surface area contributed by atoms with Crippen molar-refractivity contribution in [1.82, 2.24) is 0 Å². The zero-order chi connectivity index (χ0) is 16.8. The van der Waals surface area contributed by atoms with Crippen LogP contribution in [0.15, 0.2) is 47.4 Å². The number of nitrogens with one attached hydrogen (secondary N) is 1. The fourth-order valence-corrected chi connectivity index (χ4v) is 3.36. The first kappa shape index (κ1) is 18.1. The summed E-state index contributed by atoms with van der Waals surface area (Å²) < 4.78 is 0. The maximum atomic E-state index is 12.1. The van der Waals surface area contributed by atoms with Crippen LogP contribution < -0.4 is 10.6 Å². The molecule has 0 bridgehead atoms. The Hall–Kier alpha value is -1.20. The number of benzene rings is 2. The molecule has 0 fully saturated rings. The van der Waals surface area contributed by atoms with Gasteiger partial charge in [0, 0.05) is 15.5 Å². The number of quaternary nitrogens is 1. The summed E-state index contributed by atoms with van der Waals surface area (Å²) in [4.78, 5) is 13.2. The molecule has 2 rings (SSSR count). The van der Waals surface area contributed by atoms with E-state index in [1.807, 2.05) is 54.9 Å². The highest BCUT2D eigenvalue weighted by Gasteiger charge is 2.15. The van der Waals surface area contributed by atoms with Gasteiger partial charge in [0.05, 0.1) is 10.7 Å². The minimum Gasteiger partial charge on any atom is -0.332 e. The molecule has 0 aliphatic rings. The van der Waals surface area contributed by atoms with Crippen molar-refractivity contribution in [3.05, 3.63) is 58.1 Å². The van der Waals surface area contributed by atoms with Crippen LogP contribution in [0, 0.1) is 0 Å². The number of halogens is 2. The summed E-state index contributed by atoms with van der Waals surface area (Å²) in [7, 11) is 0. The molecule has 1 amide bonds. The molecule has 0 saturated carbocycles. The number of hydrogen-bond donors (Lipinski definition) is 2. The van der Waals surface area contributed by atoms with Crippen LogP contribution in [-0.2, 0) is 4.79 Å². The van der Waals surface area contributed by atoms with Gasteiger partial charge in [-0.2, -0.15) is 0 Å². The molecular formula is C17H19Cl2N2OS+. The second-order valence-electron chi connectivity index (χ2n) is 5.14. The number of carbonyl (C=O) groups is 1. The van der Waals surface area contributed by atoms with E-state index in [-0.39, 0.29) is 11.9 Å². The van der Waals surface area contributed by atoms with Gasteiger partial charge in [-0.15, -0.1) is 11.8 Å². The lowest BCUT2D eigenvalue weighted by Crippen LogP contribution is -2.86. The molecule has 2 aromatic carbocycles. The van der Waals surface area contributed by atoms with Crippen LogP contribution in [-0.4, -0.2) is 18.7 Å². The van der Waals surface area contributed by atoms with Crippen LogP contribution in [0.1, 0.15) is 18.5 Å². The van der Waals surface area contributed by atoms with Crippen LogP contribution in [0.2, 0.25) is 10.0 Å². The number of amides is 1. The van der Waals surface area contributed by atoms with Crippen molar-refractivity contribution in [2.45, 2.75) is 17.9 Å². The third kappa shape index (κ3) is 5.15. The molecule has 0 spiro atoms. The van der Waals surface area contributed by atoms with Crippen LogP contribution in [0.4, 0.5) is 5.69 Å². The largest absolute Gasteiger partial charge is 0.332 e. The van der Waals surface area contributed by atoms with Crippen molar-refractivity contribution in [3.8, 4) is 0 Å². The Labute approximate surface area is 150 Å². The third-order valence-electron chi connectivity index (χ3n) is 3.49. The van der Waals surface area contributed by atoms with E-state index in [9.17, 15) is 4.79 Å². The number of carbonyl (C=O) groups excluding carboxylic acids is 1. The Morgan fingerprint density at radius 1 is 1.26 bits per heavy atom. The molecule has 0 aromatic heterocycles. The fourth-order valence-electron chi connectivity index (χ4n) is 2.23. The van der Waals surface area contributed by atoms with Crippen LogP contribution >= 0.6 is 35.0 Å². The topological polar surface area (TPSA) is 45.7 Å². The van der Waals surface area contributed by atoms with Gasteiger partial charge in [0.25, 0.3) is 5.91 Å². The Morgan fingerprint density at radius 3 is 2.70 bits per heavy atom. The molecular weight excluding hydrogens is 351 g/mol. The van der Waals surface area contributed by atoms with Crippen molar-refractivity contribution < 1.29 is 10.1 Å². The van der Waals surface area contributed by atoms with Crippen molar-refractivity contribution in [2.75, 3.05) is 18.1 Å². The van der Waals surface area contributed by atoms with Gasteiger partial charge in [0.2, 0.25) is 0 Å². The summed E-state index contributed by atoms with van der Waals surface area (Å²) in [6.45, 7) is 2.33. The molecule has 1 atom stereocenters. The molecule has 23 heavy (non-hydrogen) atoms. The van der Waals surface area contributed by atoms with Crippen LogP contribution in [0.3, 0.4) is 0 Å². The Kier molecular flexibility index (Phi) is 6.78. The van der Waals surface area contributed by atoms with Gasteiger partial charge in [-0.3, -0.25) is 4.79 Å². The Bertz CT molecular complexity index is 694. The van der Waals surface area contributed by atoms with Crippen molar-refractivity contribution in [3.63, 3.8) is 0 Å². The fraction of sp³-hybridized carbons (Fsp3) is 0.235. The van der Waals surface area contributed by atoms with E-state index in [4.69, 9.17) is 23.2 Å². The van der Waals surface area contributed by atoms with Gasteiger partial charge in [-0.25, -0.2) is 0 Å². The number of rotatable bonds is 6. The number of anilines is 1. The average molecular weight is 370 g/mol. The first-order valence-electron chi connectivity index (χ1n) is 7.22. The lowest BCUT2D eigenvalue weighted by Gasteiger charge is -2.13. The molecule has 0 saturated heterocycles. The summed E-state index contributed by atoms with van der Waals surface area (Å²) in [6.07, 6.45) is 1.99. The molecule has 0 unspecified atom stereocenters. The maximum Gasteiger partial charge on any atom is 0.279 e. The van der Waals surface area contributed by atoms with E-state index in [1.165, 1.54) is 0 Å².